The molecule has 1 saturated heterocycles. The average Bonchev–Trinajstić information content (AvgIpc) is 2.51. The van der Waals surface area contributed by atoms with Crippen LogP contribution >= 0.6 is 0 Å². The standard InChI is InChI=1S/C15H28N2O/c1-12-5-7-13(8-6-12)15(18)14-11-16(2)9-4-10-17(14)3/h12-14H,4-11H2,1-3H3. The number of carbonyl (C=O) groups is 1. The van der Waals surface area contributed by atoms with Gasteiger partial charge in [0, 0.05) is 12.5 Å². The molecular weight excluding hydrogens is 224 g/mol. The number of hydrogen-bond acceptors (Lipinski definition) is 3. The summed E-state index contributed by atoms with van der Waals surface area (Å²) in [5, 5.41) is 0. The fourth-order valence-electron chi connectivity index (χ4n) is 3.40. The summed E-state index contributed by atoms with van der Waals surface area (Å²) in [6.45, 7) is 5.41. The second-order valence-corrected chi connectivity index (χ2v) is 6.47. The lowest BCUT2D eigenvalue weighted by Gasteiger charge is -2.32. The summed E-state index contributed by atoms with van der Waals surface area (Å²) in [5.41, 5.74) is 0. The van der Waals surface area contributed by atoms with Crippen LogP contribution < -0.4 is 0 Å². The van der Waals surface area contributed by atoms with E-state index >= 15 is 0 Å². The molecule has 0 aromatic rings. The maximum Gasteiger partial charge on any atom is 0.154 e. The van der Waals surface area contributed by atoms with Gasteiger partial charge < -0.3 is 4.90 Å². The van der Waals surface area contributed by atoms with E-state index in [4.69, 9.17) is 0 Å². The number of Topliss-reactive ketones (excluding diaryl/α,β-unsaturated/α-hetero) is 1. The molecule has 2 fully saturated rings. The van der Waals surface area contributed by atoms with Crippen LogP contribution in [-0.2, 0) is 4.79 Å². The van der Waals surface area contributed by atoms with Crippen molar-refractivity contribution in [3.05, 3.63) is 0 Å². The number of ketones is 1. The molecule has 104 valence electrons. The summed E-state index contributed by atoms with van der Waals surface area (Å²) in [6, 6.07) is 0.135. The Morgan fingerprint density at radius 1 is 1.06 bits per heavy atom. The topological polar surface area (TPSA) is 23.6 Å². The van der Waals surface area contributed by atoms with E-state index in [9.17, 15) is 4.79 Å². The van der Waals surface area contributed by atoms with Crippen LogP contribution in [0.2, 0.25) is 0 Å². The first-order chi connectivity index (χ1) is 8.58. The molecule has 1 aliphatic heterocycles. The zero-order valence-corrected chi connectivity index (χ0v) is 12.2. The van der Waals surface area contributed by atoms with Gasteiger partial charge in [-0.2, -0.15) is 0 Å². The van der Waals surface area contributed by atoms with E-state index in [2.05, 4.69) is 30.8 Å². The Labute approximate surface area is 112 Å². The van der Waals surface area contributed by atoms with E-state index in [0.29, 0.717) is 11.7 Å². The van der Waals surface area contributed by atoms with Crippen LogP contribution in [0.4, 0.5) is 0 Å². The fraction of sp³-hybridized carbons (Fsp3) is 0.933. The predicted octanol–water partition coefficient (Wildman–Crippen LogP) is 2.02. The molecule has 0 aromatic carbocycles. The number of rotatable bonds is 2. The highest BCUT2D eigenvalue weighted by Crippen LogP contribution is 2.30. The summed E-state index contributed by atoms with van der Waals surface area (Å²) in [7, 11) is 4.26. The minimum absolute atomic E-state index is 0.135. The zero-order valence-electron chi connectivity index (χ0n) is 12.2. The molecule has 18 heavy (non-hydrogen) atoms. The highest BCUT2D eigenvalue weighted by Gasteiger charge is 2.33. The van der Waals surface area contributed by atoms with Crippen molar-refractivity contribution in [3.8, 4) is 0 Å². The largest absolute Gasteiger partial charge is 0.304 e. The highest BCUT2D eigenvalue weighted by atomic mass is 16.1. The monoisotopic (exact) mass is 252 g/mol. The van der Waals surface area contributed by atoms with Crippen LogP contribution in [-0.4, -0.2) is 55.4 Å². The Bertz CT molecular complexity index is 284. The third-order valence-corrected chi connectivity index (χ3v) is 4.81. The van der Waals surface area contributed by atoms with Gasteiger partial charge in [0.2, 0.25) is 0 Å². The van der Waals surface area contributed by atoms with Crippen LogP contribution in [0.5, 0.6) is 0 Å². The molecule has 0 bridgehead atoms. The number of likely N-dealkylation sites (N-methyl/N-ethyl adjacent to an activating group) is 2. The van der Waals surface area contributed by atoms with Gasteiger partial charge in [-0.1, -0.05) is 19.8 Å². The van der Waals surface area contributed by atoms with Gasteiger partial charge in [0.05, 0.1) is 6.04 Å². The van der Waals surface area contributed by atoms with Crippen molar-refractivity contribution in [3.63, 3.8) is 0 Å². The Morgan fingerprint density at radius 2 is 1.72 bits per heavy atom. The van der Waals surface area contributed by atoms with E-state index < -0.39 is 0 Å². The molecule has 1 aliphatic carbocycles. The third-order valence-electron chi connectivity index (χ3n) is 4.81. The minimum atomic E-state index is 0.135. The minimum Gasteiger partial charge on any atom is -0.304 e. The lowest BCUT2D eigenvalue weighted by atomic mass is 9.79. The molecule has 1 atom stereocenters. The van der Waals surface area contributed by atoms with Gasteiger partial charge in [0.25, 0.3) is 0 Å². The summed E-state index contributed by atoms with van der Waals surface area (Å²) in [6.07, 6.45) is 5.89. The maximum absolute atomic E-state index is 12.7. The third kappa shape index (κ3) is 3.33. The number of carbonyl (C=O) groups excluding carboxylic acids is 1. The van der Waals surface area contributed by atoms with Crippen molar-refractivity contribution in [2.75, 3.05) is 33.7 Å². The molecule has 0 amide bonds. The molecule has 1 heterocycles. The van der Waals surface area contributed by atoms with Gasteiger partial charge in [-0.3, -0.25) is 9.69 Å². The van der Waals surface area contributed by atoms with Crippen molar-refractivity contribution in [2.24, 2.45) is 11.8 Å². The molecule has 1 unspecified atom stereocenters. The second-order valence-electron chi connectivity index (χ2n) is 6.47. The molecule has 0 aromatic heterocycles. The summed E-state index contributed by atoms with van der Waals surface area (Å²) in [5.74, 6) is 1.67. The van der Waals surface area contributed by atoms with Gasteiger partial charge in [-0.05, 0) is 52.4 Å². The SMILES string of the molecule is CC1CCC(C(=O)C2CN(C)CCCN2C)CC1. The van der Waals surface area contributed by atoms with Crippen LogP contribution in [0.3, 0.4) is 0 Å². The predicted molar refractivity (Wildman–Crippen MR) is 74.7 cm³/mol. The Hall–Kier alpha value is -0.410. The van der Waals surface area contributed by atoms with Gasteiger partial charge >= 0.3 is 0 Å². The maximum atomic E-state index is 12.7. The highest BCUT2D eigenvalue weighted by molar-refractivity contribution is 5.86. The zero-order chi connectivity index (χ0) is 13.1. The van der Waals surface area contributed by atoms with Gasteiger partial charge in [0.1, 0.15) is 0 Å². The van der Waals surface area contributed by atoms with E-state index in [1.165, 1.54) is 19.3 Å². The molecule has 1 saturated carbocycles. The normalized spacial score (nSPS) is 36.3. The molecule has 0 radical (unpaired) electrons. The van der Waals surface area contributed by atoms with E-state index in [1.807, 2.05) is 0 Å². The first-order valence-corrected chi connectivity index (χ1v) is 7.50. The van der Waals surface area contributed by atoms with Crippen molar-refractivity contribution in [2.45, 2.75) is 45.1 Å². The number of nitrogens with zero attached hydrogens (tertiary/aromatic N) is 2. The van der Waals surface area contributed by atoms with Gasteiger partial charge in [-0.15, -0.1) is 0 Å². The summed E-state index contributed by atoms with van der Waals surface area (Å²) < 4.78 is 0. The van der Waals surface area contributed by atoms with Crippen LogP contribution in [0.15, 0.2) is 0 Å². The Morgan fingerprint density at radius 3 is 2.39 bits per heavy atom. The van der Waals surface area contributed by atoms with E-state index in [0.717, 1.165) is 38.4 Å². The fourth-order valence-corrected chi connectivity index (χ4v) is 3.40. The quantitative estimate of drug-likeness (QED) is 0.751. The van der Waals surface area contributed by atoms with Crippen molar-refractivity contribution in [1.29, 1.82) is 0 Å². The van der Waals surface area contributed by atoms with Gasteiger partial charge in [0.15, 0.2) is 5.78 Å². The van der Waals surface area contributed by atoms with Crippen LogP contribution in [0, 0.1) is 11.8 Å². The lowest BCUT2D eigenvalue weighted by Crippen LogP contribution is -2.46. The van der Waals surface area contributed by atoms with Crippen LogP contribution in [0.25, 0.3) is 0 Å². The molecule has 2 rings (SSSR count). The van der Waals surface area contributed by atoms with Crippen molar-refractivity contribution >= 4 is 5.78 Å². The molecule has 3 heteroatoms. The Kier molecular flexibility index (Phi) is 4.79. The molecule has 3 nitrogen and oxygen atoms in total. The van der Waals surface area contributed by atoms with E-state index in [-0.39, 0.29) is 6.04 Å². The average molecular weight is 252 g/mol. The van der Waals surface area contributed by atoms with Crippen molar-refractivity contribution in [1.82, 2.24) is 9.80 Å². The van der Waals surface area contributed by atoms with E-state index in [1.54, 1.807) is 0 Å². The lowest BCUT2D eigenvalue weighted by molar-refractivity contribution is -0.129. The Balaban J connectivity index is 1.97. The van der Waals surface area contributed by atoms with Gasteiger partial charge in [-0.25, -0.2) is 0 Å². The second kappa shape index (κ2) is 6.16. The first kappa shape index (κ1) is 14.0. The molecule has 0 N–H and O–H groups in total. The first-order valence-electron chi connectivity index (χ1n) is 7.50. The molecule has 2 aliphatic rings. The smallest absolute Gasteiger partial charge is 0.154 e. The molecule has 0 spiro atoms. The van der Waals surface area contributed by atoms with Crippen LogP contribution in [0.1, 0.15) is 39.0 Å². The summed E-state index contributed by atoms with van der Waals surface area (Å²) >= 11 is 0. The number of hydrogen-bond donors (Lipinski definition) is 0. The molecular formula is C15H28N2O. The summed E-state index contributed by atoms with van der Waals surface area (Å²) in [4.78, 5) is 17.3. The van der Waals surface area contributed by atoms with Crippen molar-refractivity contribution < 1.29 is 4.79 Å².